The Hall–Kier alpha value is -1.27. The van der Waals surface area contributed by atoms with Crippen LogP contribution < -0.4 is 0 Å². The first-order chi connectivity index (χ1) is 15.7. The van der Waals surface area contributed by atoms with Crippen LogP contribution in [-0.4, -0.2) is 59.7 Å². The van der Waals surface area contributed by atoms with Crippen LogP contribution in [0.5, 0.6) is 0 Å². The molecule has 5 nitrogen and oxygen atoms in total. The third kappa shape index (κ3) is 7.61. The van der Waals surface area contributed by atoms with Gasteiger partial charge in [0, 0.05) is 30.8 Å². The van der Waals surface area contributed by atoms with E-state index in [2.05, 4.69) is 42.5 Å². The molecule has 0 atom stereocenters. The summed E-state index contributed by atoms with van der Waals surface area (Å²) in [6.45, 7) is 14.0. The molecule has 6 heteroatoms. The lowest BCUT2D eigenvalue weighted by molar-refractivity contribution is -0.109. The molecule has 2 aliphatic heterocycles. The fourth-order valence-electron chi connectivity index (χ4n) is 5.47. The lowest BCUT2D eigenvalue weighted by Gasteiger charge is -2.47. The van der Waals surface area contributed by atoms with Gasteiger partial charge >= 0.3 is 0 Å². The normalized spacial score (nSPS) is 19.4. The standard InChI is InChI=1S/C27H45N3O2S/c1-22(2)24-28-23(20-33-24)25(32)30-16-9-11-27(21-30)12-17-29(18-13-27)15-8-6-5-7-10-26(3,4)14-19-31/h19-20,22H,5-18,21H2,1-4H3. The number of hydrogen-bond acceptors (Lipinski definition) is 5. The van der Waals surface area contributed by atoms with E-state index in [0.29, 0.717) is 23.4 Å². The van der Waals surface area contributed by atoms with Gasteiger partial charge in [0.15, 0.2) is 0 Å². The van der Waals surface area contributed by atoms with Crippen LogP contribution in [0.1, 0.15) is 113 Å². The van der Waals surface area contributed by atoms with Crippen molar-refractivity contribution in [3.63, 3.8) is 0 Å². The lowest BCUT2D eigenvalue weighted by Crippen LogP contribution is -2.51. The fourth-order valence-corrected chi connectivity index (χ4v) is 6.28. The molecular weight excluding hydrogens is 430 g/mol. The Morgan fingerprint density at radius 3 is 2.55 bits per heavy atom. The molecule has 3 rings (SSSR count). The average molecular weight is 476 g/mol. The van der Waals surface area contributed by atoms with Gasteiger partial charge in [-0.1, -0.05) is 47.0 Å². The topological polar surface area (TPSA) is 53.5 Å². The highest BCUT2D eigenvalue weighted by Crippen LogP contribution is 2.40. The maximum atomic E-state index is 13.1. The quantitative estimate of drug-likeness (QED) is 0.284. The van der Waals surface area contributed by atoms with E-state index in [1.54, 1.807) is 11.3 Å². The van der Waals surface area contributed by atoms with Crippen molar-refractivity contribution < 1.29 is 9.59 Å². The van der Waals surface area contributed by atoms with E-state index in [0.717, 1.165) is 37.2 Å². The molecule has 0 bridgehead atoms. The maximum Gasteiger partial charge on any atom is 0.273 e. The Labute approximate surface area is 205 Å². The fraction of sp³-hybridized carbons (Fsp3) is 0.815. The number of nitrogens with zero attached hydrogens (tertiary/aromatic N) is 3. The number of likely N-dealkylation sites (tertiary alicyclic amines) is 2. The number of piperidine rings is 2. The summed E-state index contributed by atoms with van der Waals surface area (Å²) < 4.78 is 0. The number of thiazole rings is 1. The zero-order valence-corrected chi connectivity index (χ0v) is 22.2. The van der Waals surface area contributed by atoms with Crippen LogP contribution in [-0.2, 0) is 4.79 Å². The van der Waals surface area contributed by atoms with Crippen LogP contribution in [0, 0.1) is 10.8 Å². The molecule has 33 heavy (non-hydrogen) atoms. The second-order valence-electron chi connectivity index (χ2n) is 11.6. The number of aldehydes is 1. The molecule has 1 spiro atoms. The zero-order valence-electron chi connectivity index (χ0n) is 21.4. The Morgan fingerprint density at radius 1 is 1.15 bits per heavy atom. The minimum Gasteiger partial charge on any atom is -0.337 e. The van der Waals surface area contributed by atoms with Gasteiger partial charge < -0.3 is 14.6 Å². The van der Waals surface area contributed by atoms with Crippen LogP contribution in [0.3, 0.4) is 0 Å². The molecular formula is C27H45N3O2S. The van der Waals surface area contributed by atoms with Crippen molar-refractivity contribution in [2.24, 2.45) is 10.8 Å². The summed E-state index contributed by atoms with van der Waals surface area (Å²) in [6.07, 6.45) is 12.7. The second kappa shape index (κ2) is 11.9. The molecule has 2 fully saturated rings. The Bertz CT molecular complexity index is 765. The predicted molar refractivity (Wildman–Crippen MR) is 137 cm³/mol. The third-order valence-corrected chi connectivity index (χ3v) is 8.96. The van der Waals surface area contributed by atoms with Gasteiger partial charge in [-0.05, 0) is 69.0 Å². The van der Waals surface area contributed by atoms with Crippen molar-refractivity contribution in [2.45, 2.75) is 97.8 Å². The van der Waals surface area contributed by atoms with Crippen molar-refractivity contribution in [1.82, 2.24) is 14.8 Å². The molecule has 0 aliphatic carbocycles. The van der Waals surface area contributed by atoms with E-state index < -0.39 is 0 Å². The smallest absolute Gasteiger partial charge is 0.273 e. The number of unbranched alkanes of at least 4 members (excludes halogenated alkanes) is 3. The number of amides is 1. The average Bonchev–Trinajstić information content (AvgIpc) is 3.28. The van der Waals surface area contributed by atoms with Gasteiger partial charge in [-0.2, -0.15) is 0 Å². The van der Waals surface area contributed by atoms with Crippen LogP contribution in [0.4, 0.5) is 0 Å². The summed E-state index contributed by atoms with van der Waals surface area (Å²) in [6, 6.07) is 0. The summed E-state index contributed by atoms with van der Waals surface area (Å²) in [5.41, 5.74) is 1.12. The van der Waals surface area contributed by atoms with Crippen LogP contribution in [0.15, 0.2) is 5.38 Å². The first-order valence-electron chi connectivity index (χ1n) is 13.1. The van der Waals surface area contributed by atoms with E-state index in [1.165, 1.54) is 64.6 Å². The summed E-state index contributed by atoms with van der Waals surface area (Å²) in [5, 5.41) is 3.01. The van der Waals surface area contributed by atoms with Gasteiger partial charge in [-0.3, -0.25) is 4.79 Å². The van der Waals surface area contributed by atoms with Crippen LogP contribution in [0.25, 0.3) is 0 Å². The van der Waals surface area contributed by atoms with Crippen molar-refractivity contribution in [2.75, 3.05) is 32.7 Å². The largest absolute Gasteiger partial charge is 0.337 e. The molecule has 1 amide bonds. The molecule has 3 heterocycles. The van der Waals surface area contributed by atoms with Crippen molar-refractivity contribution in [3.8, 4) is 0 Å². The van der Waals surface area contributed by atoms with E-state index in [9.17, 15) is 9.59 Å². The predicted octanol–water partition coefficient (Wildman–Crippen LogP) is 6.15. The molecule has 1 aromatic rings. The highest BCUT2D eigenvalue weighted by molar-refractivity contribution is 7.09. The minimum absolute atomic E-state index is 0.135. The van der Waals surface area contributed by atoms with Crippen LogP contribution in [0.2, 0.25) is 0 Å². The van der Waals surface area contributed by atoms with Gasteiger partial charge in [-0.25, -0.2) is 4.98 Å². The molecule has 0 N–H and O–H groups in total. The number of carbonyl (C=O) groups excluding carboxylic acids is 2. The van der Waals surface area contributed by atoms with Gasteiger partial charge in [0.25, 0.3) is 5.91 Å². The first kappa shape index (κ1) is 26.3. The van der Waals surface area contributed by atoms with Gasteiger partial charge in [0.05, 0.1) is 5.01 Å². The van der Waals surface area contributed by atoms with E-state index >= 15 is 0 Å². The Morgan fingerprint density at radius 2 is 1.88 bits per heavy atom. The van der Waals surface area contributed by atoms with Crippen LogP contribution >= 0.6 is 11.3 Å². The van der Waals surface area contributed by atoms with Gasteiger partial charge in [-0.15, -0.1) is 11.3 Å². The third-order valence-electron chi connectivity index (χ3n) is 7.81. The molecule has 0 aromatic carbocycles. The zero-order chi connectivity index (χ0) is 23.9. The monoisotopic (exact) mass is 475 g/mol. The van der Waals surface area contributed by atoms with E-state index in [4.69, 9.17) is 0 Å². The first-order valence-corrected chi connectivity index (χ1v) is 14.0. The Kier molecular flexibility index (Phi) is 9.52. The maximum absolute atomic E-state index is 13.1. The number of hydrogen-bond donors (Lipinski definition) is 0. The number of rotatable bonds is 11. The molecule has 0 radical (unpaired) electrons. The summed E-state index contributed by atoms with van der Waals surface area (Å²) in [5.74, 6) is 0.513. The highest BCUT2D eigenvalue weighted by atomic mass is 32.1. The molecule has 2 saturated heterocycles. The summed E-state index contributed by atoms with van der Waals surface area (Å²) in [4.78, 5) is 33.2. The van der Waals surface area contributed by atoms with Gasteiger partial charge in [0.2, 0.25) is 0 Å². The van der Waals surface area contributed by atoms with E-state index in [-0.39, 0.29) is 11.3 Å². The minimum atomic E-state index is 0.135. The molecule has 0 saturated carbocycles. The Balaban J connectivity index is 1.37. The number of aromatic nitrogens is 1. The number of carbonyl (C=O) groups is 2. The van der Waals surface area contributed by atoms with Gasteiger partial charge in [0.1, 0.15) is 12.0 Å². The molecule has 1 aromatic heterocycles. The molecule has 2 aliphatic rings. The summed E-state index contributed by atoms with van der Waals surface area (Å²) >= 11 is 1.61. The van der Waals surface area contributed by atoms with Crippen molar-refractivity contribution in [3.05, 3.63) is 16.1 Å². The summed E-state index contributed by atoms with van der Waals surface area (Å²) in [7, 11) is 0. The second-order valence-corrected chi connectivity index (χ2v) is 12.5. The lowest BCUT2D eigenvalue weighted by atomic mass is 9.72. The highest BCUT2D eigenvalue weighted by Gasteiger charge is 2.40. The molecule has 0 unspecified atom stereocenters. The van der Waals surface area contributed by atoms with E-state index in [1.807, 2.05) is 5.38 Å². The molecule has 186 valence electrons. The van der Waals surface area contributed by atoms with Crippen molar-refractivity contribution in [1.29, 1.82) is 0 Å². The SMILES string of the molecule is CC(C)c1nc(C(=O)N2CCCC3(CCN(CCCCCCC(C)(C)CC=O)CC3)C2)cs1. The van der Waals surface area contributed by atoms with Crippen molar-refractivity contribution >= 4 is 23.5 Å².